The minimum Gasteiger partial charge on any atom is -0.267 e. The van der Waals surface area contributed by atoms with Gasteiger partial charge < -0.3 is 0 Å². The SMILES string of the molecule is O=C(NN=Cc1ccc(Cl)c(Cl)c1)c1ccc(Cl)cc1Cl. The van der Waals surface area contributed by atoms with Crippen LogP contribution in [0.2, 0.25) is 20.1 Å². The van der Waals surface area contributed by atoms with Crippen LogP contribution >= 0.6 is 46.4 Å². The van der Waals surface area contributed by atoms with Crippen LogP contribution in [0.3, 0.4) is 0 Å². The van der Waals surface area contributed by atoms with Gasteiger partial charge in [-0.15, -0.1) is 0 Å². The Labute approximate surface area is 141 Å². The smallest absolute Gasteiger partial charge is 0.267 e. The van der Waals surface area contributed by atoms with E-state index in [-0.39, 0.29) is 10.6 Å². The summed E-state index contributed by atoms with van der Waals surface area (Å²) >= 11 is 23.4. The predicted octanol–water partition coefficient (Wildman–Crippen LogP) is 5.06. The molecule has 0 aliphatic carbocycles. The van der Waals surface area contributed by atoms with Gasteiger partial charge in [0, 0.05) is 5.02 Å². The third-order valence-electron chi connectivity index (χ3n) is 2.50. The molecule has 0 spiro atoms. The molecule has 2 rings (SSSR count). The molecule has 0 unspecified atom stereocenters. The summed E-state index contributed by atoms with van der Waals surface area (Å²) in [5.41, 5.74) is 3.35. The molecule has 2 aromatic rings. The Hall–Kier alpha value is -1.26. The second-order valence-corrected chi connectivity index (χ2v) is 5.65. The number of amides is 1. The first-order chi connectivity index (χ1) is 9.97. The number of hydrazone groups is 1. The Morgan fingerprint density at radius 3 is 2.38 bits per heavy atom. The zero-order valence-electron chi connectivity index (χ0n) is 10.4. The lowest BCUT2D eigenvalue weighted by Crippen LogP contribution is -2.18. The number of benzene rings is 2. The quantitative estimate of drug-likeness (QED) is 0.602. The number of halogens is 4. The van der Waals surface area contributed by atoms with Crippen LogP contribution in [0.25, 0.3) is 0 Å². The van der Waals surface area contributed by atoms with E-state index < -0.39 is 5.91 Å². The molecule has 0 saturated carbocycles. The molecule has 0 radical (unpaired) electrons. The van der Waals surface area contributed by atoms with Crippen molar-refractivity contribution in [2.75, 3.05) is 0 Å². The summed E-state index contributed by atoms with van der Waals surface area (Å²) < 4.78 is 0. The third kappa shape index (κ3) is 4.35. The Balaban J connectivity index is 2.06. The largest absolute Gasteiger partial charge is 0.272 e. The lowest BCUT2D eigenvalue weighted by atomic mass is 10.2. The number of carbonyl (C=O) groups is 1. The van der Waals surface area contributed by atoms with Gasteiger partial charge in [-0.25, -0.2) is 5.43 Å². The lowest BCUT2D eigenvalue weighted by Gasteiger charge is -2.03. The normalized spacial score (nSPS) is 10.9. The molecule has 0 aliphatic rings. The van der Waals surface area contributed by atoms with Crippen molar-refractivity contribution in [3.8, 4) is 0 Å². The van der Waals surface area contributed by atoms with Gasteiger partial charge in [0.2, 0.25) is 0 Å². The monoisotopic (exact) mass is 360 g/mol. The molecule has 0 saturated heterocycles. The molecule has 0 heterocycles. The van der Waals surface area contributed by atoms with E-state index in [9.17, 15) is 4.79 Å². The van der Waals surface area contributed by atoms with Crippen LogP contribution in [0.15, 0.2) is 41.5 Å². The van der Waals surface area contributed by atoms with Crippen LogP contribution in [0, 0.1) is 0 Å². The Morgan fingerprint density at radius 1 is 0.952 bits per heavy atom. The average Bonchev–Trinajstić information content (AvgIpc) is 2.42. The average molecular weight is 362 g/mol. The van der Waals surface area contributed by atoms with Crippen LogP contribution in [0.4, 0.5) is 0 Å². The van der Waals surface area contributed by atoms with E-state index in [1.165, 1.54) is 18.3 Å². The standard InChI is InChI=1S/C14H8Cl4N2O/c15-9-2-3-10(12(17)6-9)14(21)20-19-7-8-1-4-11(16)13(18)5-8/h1-7H,(H,20,21). The number of nitrogens with zero attached hydrogens (tertiary/aromatic N) is 1. The summed E-state index contributed by atoms with van der Waals surface area (Å²) in [6.07, 6.45) is 1.45. The highest BCUT2D eigenvalue weighted by molar-refractivity contribution is 6.42. The Bertz CT molecular complexity index is 716. The molecule has 0 aromatic heterocycles. The summed E-state index contributed by atoms with van der Waals surface area (Å²) in [4.78, 5) is 11.9. The van der Waals surface area contributed by atoms with Crippen LogP contribution in [0.5, 0.6) is 0 Å². The van der Waals surface area contributed by atoms with E-state index in [0.717, 1.165) is 0 Å². The highest BCUT2D eigenvalue weighted by Crippen LogP contribution is 2.22. The molecular weight excluding hydrogens is 354 g/mol. The van der Waals surface area contributed by atoms with Crippen LogP contribution in [-0.4, -0.2) is 12.1 Å². The van der Waals surface area contributed by atoms with E-state index >= 15 is 0 Å². The van der Waals surface area contributed by atoms with E-state index in [4.69, 9.17) is 46.4 Å². The second-order valence-electron chi connectivity index (χ2n) is 4.00. The zero-order chi connectivity index (χ0) is 15.4. The molecule has 21 heavy (non-hydrogen) atoms. The van der Waals surface area contributed by atoms with E-state index in [1.54, 1.807) is 24.3 Å². The molecule has 7 heteroatoms. The second kappa shape index (κ2) is 7.14. The van der Waals surface area contributed by atoms with Gasteiger partial charge in [0.05, 0.1) is 26.8 Å². The van der Waals surface area contributed by atoms with Gasteiger partial charge in [0.1, 0.15) is 0 Å². The molecule has 0 fully saturated rings. The fourth-order valence-corrected chi connectivity index (χ4v) is 2.29. The summed E-state index contributed by atoms with van der Waals surface area (Å²) in [5.74, 6) is -0.437. The first-order valence-electron chi connectivity index (χ1n) is 5.71. The van der Waals surface area contributed by atoms with Crippen molar-refractivity contribution in [2.45, 2.75) is 0 Å². The summed E-state index contributed by atoms with van der Waals surface area (Å²) in [5, 5.41) is 5.40. The molecule has 3 nitrogen and oxygen atoms in total. The van der Waals surface area contributed by atoms with E-state index in [1.807, 2.05) is 0 Å². The van der Waals surface area contributed by atoms with Crippen molar-refractivity contribution in [2.24, 2.45) is 5.10 Å². The van der Waals surface area contributed by atoms with Crippen LogP contribution in [-0.2, 0) is 0 Å². The van der Waals surface area contributed by atoms with Gasteiger partial charge in [-0.2, -0.15) is 5.10 Å². The van der Waals surface area contributed by atoms with Crippen molar-refractivity contribution in [3.63, 3.8) is 0 Å². The fourth-order valence-electron chi connectivity index (χ4n) is 1.49. The van der Waals surface area contributed by atoms with Gasteiger partial charge in [0.25, 0.3) is 5.91 Å². The molecule has 2 aromatic carbocycles. The zero-order valence-corrected chi connectivity index (χ0v) is 13.4. The number of rotatable bonds is 3. The maximum Gasteiger partial charge on any atom is 0.272 e. The third-order valence-corrected chi connectivity index (χ3v) is 3.79. The highest BCUT2D eigenvalue weighted by atomic mass is 35.5. The number of nitrogens with one attached hydrogen (secondary N) is 1. The Kier molecular flexibility index (Phi) is 5.48. The first kappa shape index (κ1) is 16.1. The highest BCUT2D eigenvalue weighted by Gasteiger charge is 2.09. The Morgan fingerprint density at radius 2 is 1.71 bits per heavy atom. The molecule has 0 atom stereocenters. The molecular formula is C14H8Cl4N2O. The summed E-state index contributed by atoms with van der Waals surface area (Å²) in [6, 6.07) is 9.58. The summed E-state index contributed by atoms with van der Waals surface area (Å²) in [7, 11) is 0. The number of hydrogen-bond donors (Lipinski definition) is 1. The van der Waals surface area contributed by atoms with Crippen LogP contribution < -0.4 is 5.43 Å². The van der Waals surface area contributed by atoms with Gasteiger partial charge in [0.15, 0.2) is 0 Å². The first-order valence-corrected chi connectivity index (χ1v) is 7.22. The predicted molar refractivity (Wildman–Crippen MR) is 88.0 cm³/mol. The molecule has 1 amide bonds. The number of hydrogen-bond acceptors (Lipinski definition) is 2. The van der Waals surface area contributed by atoms with Crippen molar-refractivity contribution in [1.82, 2.24) is 5.43 Å². The van der Waals surface area contributed by atoms with Gasteiger partial charge in [-0.1, -0.05) is 52.5 Å². The minimum absolute atomic E-state index is 0.254. The van der Waals surface area contributed by atoms with Crippen molar-refractivity contribution >= 4 is 58.5 Å². The van der Waals surface area contributed by atoms with Gasteiger partial charge >= 0.3 is 0 Å². The molecule has 0 aliphatic heterocycles. The molecule has 1 N–H and O–H groups in total. The minimum atomic E-state index is -0.437. The van der Waals surface area contributed by atoms with E-state index in [2.05, 4.69) is 10.5 Å². The van der Waals surface area contributed by atoms with Crippen LogP contribution in [0.1, 0.15) is 15.9 Å². The van der Waals surface area contributed by atoms with Gasteiger partial charge in [-0.05, 0) is 35.9 Å². The topological polar surface area (TPSA) is 41.5 Å². The van der Waals surface area contributed by atoms with Crippen molar-refractivity contribution in [1.29, 1.82) is 0 Å². The molecule has 108 valence electrons. The van der Waals surface area contributed by atoms with E-state index in [0.29, 0.717) is 20.6 Å². The fraction of sp³-hybridized carbons (Fsp3) is 0. The van der Waals surface area contributed by atoms with Gasteiger partial charge in [-0.3, -0.25) is 4.79 Å². The molecule has 0 bridgehead atoms. The maximum absolute atomic E-state index is 11.9. The lowest BCUT2D eigenvalue weighted by molar-refractivity contribution is 0.0955. The maximum atomic E-state index is 11.9. The van der Waals surface area contributed by atoms with Crippen molar-refractivity contribution < 1.29 is 4.79 Å². The van der Waals surface area contributed by atoms with Crippen molar-refractivity contribution in [3.05, 3.63) is 67.6 Å². The number of carbonyl (C=O) groups excluding carboxylic acids is 1. The summed E-state index contributed by atoms with van der Waals surface area (Å²) in [6.45, 7) is 0.